The Kier molecular flexibility index (Phi) is 5.09. The van der Waals surface area contributed by atoms with Crippen molar-refractivity contribution in [1.29, 1.82) is 0 Å². The van der Waals surface area contributed by atoms with Crippen LogP contribution in [0.2, 0.25) is 0 Å². The van der Waals surface area contributed by atoms with Crippen molar-refractivity contribution in [1.82, 2.24) is 0 Å². The average Bonchev–Trinajstić information content (AvgIpc) is 2.89. The fourth-order valence-electron chi connectivity index (χ4n) is 1.67. The lowest BCUT2D eigenvalue weighted by Gasteiger charge is -2.09. The fraction of sp³-hybridized carbons (Fsp3) is 0.231. The Morgan fingerprint density at radius 2 is 2.00 bits per heavy atom. The molecule has 2 N–H and O–H groups in total. The van der Waals surface area contributed by atoms with Crippen molar-refractivity contribution in [2.45, 2.75) is 15.5 Å². The van der Waals surface area contributed by atoms with E-state index in [9.17, 15) is 8.42 Å². The quantitative estimate of drug-likeness (QED) is 0.800. The standard InChI is InChI=1S/C13H15NO3S3/c1-18-12-5-3-2-4-11(12)14-20(16,17)13-7-6-10(19-13)8-9-15/h2-7,14-15H,8-9H2,1H3. The highest BCUT2D eigenvalue weighted by Gasteiger charge is 2.18. The summed E-state index contributed by atoms with van der Waals surface area (Å²) >= 11 is 2.67. The van der Waals surface area contributed by atoms with Crippen LogP contribution in [0.25, 0.3) is 0 Å². The van der Waals surface area contributed by atoms with Crippen LogP contribution in [0.5, 0.6) is 0 Å². The highest BCUT2D eigenvalue weighted by atomic mass is 32.2. The minimum Gasteiger partial charge on any atom is -0.396 e. The lowest BCUT2D eigenvalue weighted by Crippen LogP contribution is -2.12. The Morgan fingerprint density at radius 3 is 2.70 bits per heavy atom. The molecule has 0 spiro atoms. The molecular formula is C13H15NO3S3. The first-order valence-electron chi connectivity index (χ1n) is 5.92. The highest BCUT2D eigenvalue weighted by molar-refractivity contribution is 7.99. The van der Waals surface area contributed by atoms with Gasteiger partial charge in [0.1, 0.15) is 4.21 Å². The number of anilines is 1. The van der Waals surface area contributed by atoms with Gasteiger partial charge in [-0.15, -0.1) is 23.1 Å². The van der Waals surface area contributed by atoms with Crippen LogP contribution in [-0.4, -0.2) is 26.4 Å². The van der Waals surface area contributed by atoms with Gasteiger partial charge in [0.2, 0.25) is 0 Å². The number of benzene rings is 1. The third-order valence-electron chi connectivity index (χ3n) is 2.61. The van der Waals surface area contributed by atoms with Crippen LogP contribution in [0, 0.1) is 0 Å². The number of thiophene rings is 1. The Labute approximate surface area is 126 Å². The zero-order valence-electron chi connectivity index (χ0n) is 10.9. The van der Waals surface area contributed by atoms with Crippen LogP contribution in [0.1, 0.15) is 4.88 Å². The van der Waals surface area contributed by atoms with Crippen LogP contribution in [0.3, 0.4) is 0 Å². The second kappa shape index (κ2) is 6.62. The van der Waals surface area contributed by atoms with Crippen molar-refractivity contribution in [3.8, 4) is 0 Å². The normalized spacial score (nSPS) is 11.5. The summed E-state index contributed by atoms with van der Waals surface area (Å²) in [5.41, 5.74) is 0.581. The summed E-state index contributed by atoms with van der Waals surface area (Å²) in [6.07, 6.45) is 2.37. The lowest BCUT2D eigenvalue weighted by atomic mass is 10.3. The summed E-state index contributed by atoms with van der Waals surface area (Å²) < 4.78 is 27.5. The molecule has 2 rings (SSSR count). The zero-order chi connectivity index (χ0) is 14.6. The Balaban J connectivity index is 2.26. The van der Waals surface area contributed by atoms with E-state index in [1.807, 2.05) is 18.4 Å². The van der Waals surface area contributed by atoms with Gasteiger partial charge in [-0.1, -0.05) is 12.1 Å². The number of aliphatic hydroxyl groups is 1. The van der Waals surface area contributed by atoms with Crippen molar-refractivity contribution >= 4 is 38.8 Å². The maximum absolute atomic E-state index is 12.3. The average molecular weight is 329 g/mol. The first kappa shape index (κ1) is 15.4. The zero-order valence-corrected chi connectivity index (χ0v) is 13.3. The van der Waals surface area contributed by atoms with Gasteiger partial charge >= 0.3 is 0 Å². The smallest absolute Gasteiger partial charge is 0.271 e. The van der Waals surface area contributed by atoms with E-state index in [-0.39, 0.29) is 10.8 Å². The van der Waals surface area contributed by atoms with Gasteiger partial charge in [0, 0.05) is 22.8 Å². The predicted molar refractivity (Wildman–Crippen MR) is 84.1 cm³/mol. The number of rotatable bonds is 6. The topological polar surface area (TPSA) is 66.4 Å². The molecule has 0 aliphatic rings. The van der Waals surface area contributed by atoms with E-state index in [4.69, 9.17) is 5.11 Å². The minimum atomic E-state index is -3.57. The van der Waals surface area contributed by atoms with E-state index in [2.05, 4.69) is 4.72 Å². The van der Waals surface area contributed by atoms with Crippen LogP contribution in [-0.2, 0) is 16.4 Å². The van der Waals surface area contributed by atoms with Crippen molar-refractivity contribution in [3.63, 3.8) is 0 Å². The molecule has 0 atom stereocenters. The van der Waals surface area contributed by atoms with Gasteiger partial charge in [0.25, 0.3) is 10.0 Å². The van der Waals surface area contributed by atoms with Crippen LogP contribution < -0.4 is 4.72 Å². The van der Waals surface area contributed by atoms with Crippen molar-refractivity contribution < 1.29 is 13.5 Å². The molecule has 0 aliphatic heterocycles. The van der Waals surface area contributed by atoms with E-state index in [1.165, 1.54) is 23.1 Å². The molecule has 1 heterocycles. The van der Waals surface area contributed by atoms with E-state index in [0.29, 0.717) is 12.1 Å². The molecule has 4 nitrogen and oxygen atoms in total. The third kappa shape index (κ3) is 3.54. The third-order valence-corrected chi connectivity index (χ3v) is 6.41. The molecule has 1 aromatic carbocycles. The number of hydrogen-bond acceptors (Lipinski definition) is 5. The number of nitrogens with one attached hydrogen (secondary N) is 1. The maximum atomic E-state index is 12.3. The van der Waals surface area contributed by atoms with Crippen molar-refractivity contribution in [2.24, 2.45) is 0 Å². The number of hydrogen-bond donors (Lipinski definition) is 2. The number of aliphatic hydroxyl groups excluding tert-OH is 1. The summed E-state index contributed by atoms with van der Waals surface area (Å²) in [7, 11) is -3.57. The first-order valence-corrected chi connectivity index (χ1v) is 9.44. The van der Waals surface area contributed by atoms with Gasteiger partial charge in [-0.05, 0) is 30.5 Å². The monoisotopic (exact) mass is 329 g/mol. The lowest BCUT2D eigenvalue weighted by molar-refractivity contribution is 0.300. The Bertz CT molecular complexity index is 680. The summed E-state index contributed by atoms with van der Waals surface area (Å²) in [6, 6.07) is 10.6. The van der Waals surface area contributed by atoms with E-state index >= 15 is 0 Å². The van der Waals surface area contributed by atoms with Gasteiger partial charge in [-0.2, -0.15) is 0 Å². The Morgan fingerprint density at radius 1 is 1.25 bits per heavy atom. The van der Waals surface area contributed by atoms with Gasteiger partial charge in [-0.25, -0.2) is 8.42 Å². The highest BCUT2D eigenvalue weighted by Crippen LogP contribution is 2.29. The van der Waals surface area contributed by atoms with E-state index in [1.54, 1.807) is 24.3 Å². The largest absolute Gasteiger partial charge is 0.396 e. The van der Waals surface area contributed by atoms with Gasteiger partial charge in [0.05, 0.1) is 5.69 Å². The van der Waals surface area contributed by atoms with Crippen LogP contribution in [0.4, 0.5) is 5.69 Å². The van der Waals surface area contributed by atoms with E-state index in [0.717, 1.165) is 9.77 Å². The molecule has 108 valence electrons. The molecule has 0 saturated carbocycles. The molecule has 2 aromatic rings. The molecule has 0 aliphatic carbocycles. The molecular weight excluding hydrogens is 314 g/mol. The second-order valence-electron chi connectivity index (χ2n) is 4.00. The van der Waals surface area contributed by atoms with Gasteiger partial charge in [-0.3, -0.25) is 4.72 Å². The molecule has 0 bridgehead atoms. The summed E-state index contributed by atoms with van der Waals surface area (Å²) in [5, 5.41) is 8.87. The second-order valence-corrected chi connectivity index (χ2v) is 7.93. The van der Waals surface area contributed by atoms with Crippen molar-refractivity contribution in [2.75, 3.05) is 17.6 Å². The van der Waals surface area contributed by atoms with Gasteiger partial charge in [0.15, 0.2) is 0 Å². The number of thioether (sulfide) groups is 1. The SMILES string of the molecule is CSc1ccccc1NS(=O)(=O)c1ccc(CCO)s1. The molecule has 1 aromatic heterocycles. The number of para-hydroxylation sites is 1. The van der Waals surface area contributed by atoms with Crippen molar-refractivity contribution in [3.05, 3.63) is 41.3 Å². The van der Waals surface area contributed by atoms with E-state index < -0.39 is 10.0 Å². The van der Waals surface area contributed by atoms with Gasteiger partial charge < -0.3 is 5.11 Å². The summed E-state index contributed by atoms with van der Waals surface area (Å²) in [4.78, 5) is 1.73. The fourth-order valence-corrected chi connectivity index (χ4v) is 4.71. The molecule has 0 radical (unpaired) electrons. The molecule has 0 fully saturated rings. The number of sulfonamides is 1. The molecule has 0 saturated heterocycles. The molecule has 0 unspecified atom stereocenters. The maximum Gasteiger partial charge on any atom is 0.271 e. The summed E-state index contributed by atoms with van der Waals surface area (Å²) in [5.74, 6) is 0. The molecule has 0 amide bonds. The Hall–Kier alpha value is -1.02. The predicted octanol–water partition coefficient (Wildman–Crippen LogP) is 2.81. The molecule has 20 heavy (non-hydrogen) atoms. The summed E-state index contributed by atoms with van der Waals surface area (Å²) in [6.45, 7) is 0.0166. The van der Waals surface area contributed by atoms with Crippen LogP contribution in [0.15, 0.2) is 45.5 Å². The molecule has 7 heteroatoms. The first-order chi connectivity index (χ1) is 9.56. The van der Waals surface area contributed by atoms with Crippen LogP contribution >= 0.6 is 23.1 Å². The minimum absolute atomic E-state index is 0.0166.